The average Bonchev–Trinajstić information content (AvgIpc) is 2.98. The molecule has 0 aliphatic heterocycles. The van der Waals surface area contributed by atoms with Crippen molar-refractivity contribution in [3.63, 3.8) is 0 Å². The Morgan fingerprint density at radius 2 is 1.62 bits per heavy atom. The van der Waals surface area contributed by atoms with E-state index in [9.17, 15) is 14.4 Å². The summed E-state index contributed by atoms with van der Waals surface area (Å²) in [5, 5.41) is 5.46. The molecule has 2 fully saturated rings. The van der Waals surface area contributed by atoms with Crippen molar-refractivity contribution in [1.82, 2.24) is 10.6 Å². The quantitative estimate of drug-likeness (QED) is 0.758. The van der Waals surface area contributed by atoms with Crippen molar-refractivity contribution in [3.8, 4) is 0 Å². The van der Waals surface area contributed by atoms with E-state index < -0.39 is 5.91 Å². The number of carbonyl (C=O) groups is 3. The zero-order valence-corrected chi connectivity index (χ0v) is 12.9. The Bertz CT molecular complexity index is 408. The number of rotatable bonds is 5. The van der Waals surface area contributed by atoms with Crippen molar-refractivity contribution in [2.24, 2.45) is 5.92 Å². The van der Waals surface area contributed by atoms with Crippen LogP contribution in [0.1, 0.15) is 64.7 Å². The molecule has 0 unspecified atom stereocenters. The Hall–Kier alpha value is -1.39. The van der Waals surface area contributed by atoms with E-state index in [0.29, 0.717) is 0 Å². The Labute approximate surface area is 126 Å². The highest BCUT2D eigenvalue weighted by Gasteiger charge is 2.30. The van der Waals surface area contributed by atoms with E-state index in [1.165, 1.54) is 6.42 Å². The number of hydrogen-bond acceptors (Lipinski definition) is 3. The summed E-state index contributed by atoms with van der Waals surface area (Å²) in [5.41, 5.74) is -0.157. The first-order chi connectivity index (χ1) is 10.0. The van der Waals surface area contributed by atoms with Gasteiger partial charge in [-0.3, -0.25) is 14.4 Å². The number of carbonyl (C=O) groups excluding carboxylic acids is 3. The van der Waals surface area contributed by atoms with E-state index in [1.807, 2.05) is 0 Å². The standard InChI is InChI=1S/C16H26N2O3/c1-16(9-5-2-6-10-16)18-13(19)11-17-15(21)14(20)12-7-3-4-8-12/h12H,2-11H2,1H3,(H,17,21)(H,18,19). The highest BCUT2D eigenvalue weighted by molar-refractivity contribution is 6.37. The van der Waals surface area contributed by atoms with Gasteiger partial charge in [-0.1, -0.05) is 32.1 Å². The van der Waals surface area contributed by atoms with Crippen molar-refractivity contribution in [3.05, 3.63) is 0 Å². The number of hydrogen-bond donors (Lipinski definition) is 2. The maximum atomic E-state index is 11.9. The van der Waals surface area contributed by atoms with Crippen LogP contribution in [0.15, 0.2) is 0 Å². The fourth-order valence-corrected chi connectivity index (χ4v) is 3.46. The molecule has 2 aliphatic rings. The Morgan fingerprint density at radius 1 is 1.00 bits per heavy atom. The number of amides is 2. The van der Waals surface area contributed by atoms with Gasteiger partial charge in [0.1, 0.15) is 0 Å². The lowest BCUT2D eigenvalue weighted by atomic mass is 9.83. The molecule has 5 heteroatoms. The van der Waals surface area contributed by atoms with Crippen molar-refractivity contribution in [1.29, 1.82) is 0 Å². The summed E-state index contributed by atoms with van der Waals surface area (Å²) >= 11 is 0. The minimum Gasteiger partial charge on any atom is -0.349 e. The number of nitrogens with one attached hydrogen (secondary N) is 2. The molecular weight excluding hydrogens is 268 g/mol. The van der Waals surface area contributed by atoms with Crippen LogP contribution in [-0.2, 0) is 14.4 Å². The van der Waals surface area contributed by atoms with Gasteiger partial charge in [0.2, 0.25) is 11.7 Å². The molecule has 2 amide bonds. The summed E-state index contributed by atoms with van der Waals surface area (Å²) in [6, 6.07) is 0. The molecule has 118 valence electrons. The van der Waals surface area contributed by atoms with Gasteiger partial charge in [0.25, 0.3) is 5.91 Å². The van der Waals surface area contributed by atoms with Crippen molar-refractivity contribution in [2.75, 3.05) is 6.54 Å². The lowest BCUT2D eigenvalue weighted by Crippen LogP contribution is -2.51. The first-order valence-corrected chi connectivity index (χ1v) is 8.13. The second kappa shape index (κ2) is 7.05. The maximum absolute atomic E-state index is 11.9. The molecule has 0 spiro atoms. The van der Waals surface area contributed by atoms with Gasteiger partial charge in [-0.15, -0.1) is 0 Å². The molecule has 5 nitrogen and oxygen atoms in total. The van der Waals surface area contributed by atoms with Crippen LogP contribution in [0.25, 0.3) is 0 Å². The number of Topliss-reactive ketones (excluding diaryl/α,β-unsaturated/α-hetero) is 1. The molecule has 0 atom stereocenters. The monoisotopic (exact) mass is 294 g/mol. The van der Waals surface area contributed by atoms with Gasteiger partial charge < -0.3 is 10.6 Å². The third-order valence-electron chi connectivity index (χ3n) is 4.76. The maximum Gasteiger partial charge on any atom is 0.288 e. The highest BCUT2D eigenvalue weighted by atomic mass is 16.2. The molecule has 2 aliphatic carbocycles. The van der Waals surface area contributed by atoms with Crippen LogP contribution in [0.5, 0.6) is 0 Å². The zero-order chi connectivity index (χ0) is 15.3. The van der Waals surface area contributed by atoms with Crippen molar-refractivity contribution in [2.45, 2.75) is 70.3 Å². The van der Waals surface area contributed by atoms with Gasteiger partial charge in [-0.05, 0) is 32.6 Å². The Kier molecular flexibility index (Phi) is 5.37. The molecule has 0 heterocycles. The lowest BCUT2D eigenvalue weighted by molar-refractivity contribution is -0.140. The topological polar surface area (TPSA) is 75.3 Å². The van der Waals surface area contributed by atoms with E-state index in [1.54, 1.807) is 0 Å². The summed E-state index contributed by atoms with van der Waals surface area (Å²) in [7, 11) is 0. The minimum absolute atomic E-state index is 0.104. The summed E-state index contributed by atoms with van der Waals surface area (Å²) < 4.78 is 0. The molecule has 0 bridgehead atoms. The fraction of sp³-hybridized carbons (Fsp3) is 0.812. The van der Waals surface area contributed by atoms with E-state index in [0.717, 1.165) is 51.4 Å². The highest BCUT2D eigenvalue weighted by Crippen LogP contribution is 2.27. The van der Waals surface area contributed by atoms with E-state index in [-0.39, 0.29) is 29.7 Å². The van der Waals surface area contributed by atoms with Gasteiger partial charge in [-0.2, -0.15) is 0 Å². The normalized spacial score (nSPS) is 21.8. The average molecular weight is 294 g/mol. The van der Waals surface area contributed by atoms with Gasteiger partial charge in [0.15, 0.2) is 0 Å². The third kappa shape index (κ3) is 4.55. The largest absolute Gasteiger partial charge is 0.349 e. The van der Waals surface area contributed by atoms with Gasteiger partial charge in [0, 0.05) is 11.5 Å². The van der Waals surface area contributed by atoms with Crippen LogP contribution in [0.4, 0.5) is 0 Å². The smallest absolute Gasteiger partial charge is 0.288 e. The second-order valence-electron chi connectivity index (χ2n) is 6.70. The zero-order valence-electron chi connectivity index (χ0n) is 12.9. The van der Waals surface area contributed by atoms with E-state index in [4.69, 9.17) is 0 Å². The molecule has 0 aromatic carbocycles. The van der Waals surface area contributed by atoms with Crippen LogP contribution in [0.2, 0.25) is 0 Å². The second-order valence-corrected chi connectivity index (χ2v) is 6.70. The third-order valence-corrected chi connectivity index (χ3v) is 4.76. The predicted molar refractivity (Wildman–Crippen MR) is 79.6 cm³/mol. The van der Waals surface area contributed by atoms with E-state index in [2.05, 4.69) is 17.6 Å². The van der Waals surface area contributed by atoms with Gasteiger partial charge >= 0.3 is 0 Å². The van der Waals surface area contributed by atoms with Crippen LogP contribution in [0.3, 0.4) is 0 Å². The molecule has 2 rings (SSSR count). The van der Waals surface area contributed by atoms with Crippen LogP contribution < -0.4 is 10.6 Å². The SMILES string of the molecule is CC1(NC(=O)CNC(=O)C(=O)C2CCCC2)CCCCC1. The summed E-state index contributed by atoms with van der Waals surface area (Å²) in [5.74, 6) is -1.30. The minimum atomic E-state index is -0.606. The first kappa shape index (κ1) is 16.0. The molecule has 0 saturated heterocycles. The molecule has 0 aromatic heterocycles. The van der Waals surface area contributed by atoms with Crippen molar-refractivity contribution < 1.29 is 14.4 Å². The molecule has 2 saturated carbocycles. The fourth-order valence-electron chi connectivity index (χ4n) is 3.46. The van der Waals surface area contributed by atoms with Crippen LogP contribution in [0, 0.1) is 5.92 Å². The summed E-state index contributed by atoms with van der Waals surface area (Å²) in [4.78, 5) is 35.6. The predicted octanol–water partition coefficient (Wildman–Crippen LogP) is 1.70. The van der Waals surface area contributed by atoms with Gasteiger partial charge in [0.05, 0.1) is 6.54 Å². The summed E-state index contributed by atoms with van der Waals surface area (Å²) in [6.45, 7) is 1.95. The molecular formula is C16H26N2O3. The Morgan fingerprint density at radius 3 is 2.24 bits per heavy atom. The van der Waals surface area contributed by atoms with Gasteiger partial charge in [-0.25, -0.2) is 0 Å². The Balaban J connectivity index is 1.72. The van der Waals surface area contributed by atoms with E-state index >= 15 is 0 Å². The molecule has 21 heavy (non-hydrogen) atoms. The van der Waals surface area contributed by atoms with Crippen LogP contribution >= 0.6 is 0 Å². The lowest BCUT2D eigenvalue weighted by Gasteiger charge is -2.34. The molecule has 0 aromatic rings. The van der Waals surface area contributed by atoms with Crippen LogP contribution in [-0.4, -0.2) is 29.7 Å². The van der Waals surface area contributed by atoms with Crippen molar-refractivity contribution >= 4 is 17.6 Å². The summed E-state index contributed by atoms with van der Waals surface area (Å²) in [6.07, 6.45) is 9.07. The molecule has 2 N–H and O–H groups in total. The number of ketones is 1. The molecule has 0 radical (unpaired) electrons. The first-order valence-electron chi connectivity index (χ1n) is 8.13.